The standard InChI is InChI=1S/C18H19F3N4O3/c1-10-6-14(7-15(23-10)25-12(3)26)17(27)24-11(2)13-4-5-16(22-8-13)28-9-18(19,20)21/h4-8,11H,9H2,1-3H3,(H,24,27)(H,23,25,26). The number of pyridine rings is 2. The highest BCUT2D eigenvalue weighted by molar-refractivity contribution is 5.96. The third kappa shape index (κ3) is 6.53. The molecule has 0 spiro atoms. The van der Waals surface area contributed by atoms with Gasteiger partial charge in [0.25, 0.3) is 5.91 Å². The molecule has 2 heterocycles. The molecular formula is C18H19F3N4O3. The van der Waals surface area contributed by atoms with E-state index in [4.69, 9.17) is 0 Å². The Labute approximate surface area is 159 Å². The summed E-state index contributed by atoms with van der Waals surface area (Å²) >= 11 is 0. The number of aromatic nitrogens is 2. The van der Waals surface area contributed by atoms with Crippen LogP contribution in [0, 0.1) is 6.92 Å². The van der Waals surface area contributed by atoms with Crippen LogP contribution in [0.4, 0.5) is 19.0 Å². The van der Waals surface area contributed by atoms with Crippen LogP contribution >= 0.6 is 0 Å². The SMILES string of the molecule is CC(=O)Nc1cc(C(=O)NC(C)c2ccc(OCC(F)(F)F)nc2)cc(C)n1. The second-order valence-corrected chi connectivity index (χ2v) is 6.09. The van der Waals surface area contributed by atoms with E-state index in [9.17, 15) is 22.8 Å². The molecule has 0 bridgehead atoms. The number of anilines is 1. The molecule has 1 atom stereocenters. The zero-order chi connectivity index (χ0) is 20.9. The fourth-order valence-electron chi connectivity index (χ4n) is 2.30. The van der Waals surface area contributed by atoms with Crippen LogP contribution in [-0.2, 0) is 4.79 Å². The lowest BCUT2D eigenvalue weighted by Gasteiger charge is -2.15. The average Bonchev–Trinajstić information content (AvgIpc) is 2.58. The third-order valence-electron chi connectivity index (χ3n) is 3.51. The van der Waals surface area contributed by atoms with Gasteiger partial charge in [0.05, 0.1) is 6.04 Å². The summed E-state index contributed by atoms with van der Waals surface area (Å²) < 4.78 is 41.0. The molecule has 0 saturated carbocycles. The molecule has 150 valence electrons. The van der Waals surface area contributed by atoms with Crippen LogP contribution < -0.4 is 15.4 Å². The van der Waals surface area contributed by atoms with E-state index in [1.54, 1.807) is 19.9 Å². The lowest BCUT2D eigenvalue weighted by molar-refractivity contribution is -0.154. The van der Waals surface area contributed by atoms with Gasteiger partial charge in [-0.25, -0.2) is 9.97 Å². The van der Waals surface area contributed by atoms with Gasteiger partial charge in [0.2, 0.25) is 11.8 Å². The predicted octanol–water partition coefficient (Wildman–Crippen LogP) is 3.18. The van der Waals surface area contributed by atoms with E-state index in [1.165, 1.54) is 31.3 Å². The molecule has 7 nitrogen and oxygen atoms in total. The molecule has 2 aromatic heterocycles. The van der Waals surface area contributed by atoms with E-state index in [0.29, 0.717) is 16.8 Å². The normalized spacial score (nSPS) is 12.2. The number of hydrogen-bond donors (Lipinski definition) is 2. The molecule has 0 aliphatic carbocycles. The Balaban J connectivity index is 2.04. The first-order valence-electron chi connectivity index (χ1n) is 8.26. The number of carbonyl (C=O) groups is 2. The monoisotopic (exact) mass is 396 g/mol. The molecule has 1 unspecified atom stereocenters. The first kappa shape index (κ1) is 21.1. The van der Waals surface area contributed by atoms with Crippen LogP contribution in [0.3, 0.4) is 0 Å². The summed E-state index contributed by atoms with van der Waals surface area (Å²) in [7, 11) is 0. The highest BCUT2D eigenvalue weighted by Crippen LogP contribution is 2.19. The first-order chi connectivity index (χ1) is 13.0. The Bertz CT molecular complexity index is 854. The van der Waals surface area contributed by atoms with Crippen LogP contribution in [0.15, 0.2) is 30.5 Å². The van der Waals surface area contributed by atoms with Crippen molar-refractivity contribution < 1.29 is 27.5 Å². The summed E-state index contributed by atoms with van der Waals surface area (Å²) in [6.07, 6.45) is -3.11. The van der Waals surface area contributed by atoms with Gasteiger partial charge in [-0.15, -0.1) is 0 Å². The number of alkyl halides is 3. The van der Waals surface area contributed by atoms with Crippen molar-refractivity contribution in [3.8, 4) is 5.88 Å². The number of rotatable bonds is 6. The molecule has 2 amide bonds. The molecule has 28 heavy (non-hydrogen) atoms. The predicted molar refractivity (Wildman–Crippen MR) is 94.9 cm³/mol. The van der Waals surface area contributed by atoms with Crippen LogP contribution in [0.1, 0.15) is 41.5 Å². The maximum atomic E-state index is 12.5. The van der Waals surface area contributed by atoms with Gasteiger partial charge in [-0.2, -0.15) is 13.2 Å². The first-order valence-corrected chi connectivity index (χ1v) is 8.26. The van der Waals surface area contributed by atoms with Crippen molar-refractivity contribution in [1.29, 1.82) is 0 Å². The Kier molecular flexibility index (Phi) is 6.55. The molecule has 2 rings (SSSR count). The molecule has 10 heteroatoms. The van der Waals surface area contributed by atoms with Gasteiger partial charge >= 0.3 is 6.18 Å². The van der Waals surface area contributed by atoms with Gasteiger partial charge in [-0.3, -0.25) is 9.59 Å². The molecule has 2 N–H and O–H groups in total. The van der Waals surface area contributed by atoms with Gasteiger partial charge in [-0.1, -0.05) is 6.07 Å². The number of nitrogens with one attached hydrogen (secondary N) is 2. The number of aryl methyl sites for hydroxylation is 1. The molecular weight excluding hydrogens is 377 g/mol. The summed E-state index contributed by atoms with van der Waals surface area (Å²) in [5, 5.41) is 5.28. The minimum Gasteiger partial charge on any atom is -0.468 e. The Hall–Kier alpha value is -3.17. The number of ether oxygens (including phenoxy) is 1. The molecule has 0 saturated heterocycles. The quantitative estimate of drug-likeness (QED) is 0.782. The van der Waals surface area contributed by atoms with E-state index in [1.807, 2.05) is 0 Å². The van der Waals surface area contributed by atoms with Gasteiger partial charge in [0.15, 0.2) is 6.61 Å². The van der Waals surface area contributed by atoms with Gasteiger partial charge in [-0.05, 0) is 31.5 Å². The summed E-state index contributed by atoms with van der Waals surface area (Å²) in [5.74, 6) is -0.610. The van der Waals surface area contributed by atoms with Crippen molar-refractivity contribution in [2.75, 3.05) is 11.9 Å². The number of hydrogen-bond acceptors (Lipinski definition) is 5. The maximum absolute atomic E-state index is 12.5. The van der Waals surface area contributed by atoms with E-state index >= 15 is 0 Å². The van der Waals surface area contributed by atoms with E-state index in [-0.39, 0.29) is 17.6 Å². The van der Waals surface area contributed by atoms with Gasteiger partial charge in [0, 0.05) is 30.4 Å². The number of carbonyl (C=O) groups excluding carboxylic acids is 2. The fraction of sp³-hybridized carbons (Fsp3) is 0.333. The fourth-order valence-corrected chi connectivity index (χ4v) is 2.30. The van der Waals surface area contributed by atoms with Crippen molar-refractivity contribution in [3.63, 3.8) is 0 Å². The summed E-state index contributed by atoms with van der Waals surface area (Å²) in [6.45, 7) is 3.30. The summed E-state index contributed by atoms with van der Waals surface area (Å²) in [5.41, 5.74) is 1.44. The second-order valence-electron chi connectivity index (χ2n) is 6.09. The highest BCUT2D eigenvalue weighted by Gasteiger charge is 2.28. The molecule has 2 aromatic rings. The number of halogens is 3. The summed E-state index contributed by atoms with van der Waals surface area (Å²) in [6, 6.07) is 5.37. The highest BCUT2D eigenvalue weighted by atomic mass is 19.4. The molecule has 0 fully saturated rings. The van der Waals surface area contributed by atoms with Crippen LogP contribution in [-0.4, -0.2) is 34.6 Å². The molecule has 0 radical (unpaired) electrons. The van der Waals surface area contributed by atoms with Gasteiger partial charge in [0.1, 0.15) is 5.82 Å². The zero-order valence-corrected chi connectivity index (χ0v) is 15.4. The zero-order valence-electron chi connectivity index (χ0n) is 15.4. The van der Waals surface area contributed by atoms with E-state index in [2.05, 4.69) is 25.3 Å². The van der Waals surface area contributed by atoms with Crippen molar-refractivity contribution >= 4 is 17.6 Å². The molecule has 0 aromatic carbocycles. The van der Waals surface area contributed by atoms with Crippen molar-refractivity contribution in [3.05, 3.63) is 47.3 Å². The Morgan fingerprint density at radius 1 is 1.25 bits per heavy atom. The largest absolute Gasteiger partial charge is 0.468 e. The Morgan fingerprint density at radius 3 is 2.54 bits per heavy atom. The lowest BCUT2D eigenvalue weighted by Crippen LogP contribution is -2.27. The van der Waals surface area contributed by atoms with Crippen molar-refractivity contribution in [1.82, 2.24) is 15.3 Å². The topological polar surface area (TPSA) is 93.2 Å². The molecule has 0 aliphatic heterocycles. The van der Waals surface area contributed by atoms with E-state index in [0.717, 1.165) is 0 Å². The smallest absolute Gasteiger partial charge is 0.422 e. The lowest BCUT2D eigenvalue weighted by atomic mass is 10.1. The number of amides is 2. The average molecular weight is 396 g/mol. The van der Waals surface area contributed by atoms with Crippen LogP contribution in [0.2, 0.25) is 0 Å². The minimum absolute atomic E-state index is 0.163. The minimum atomic E-state index is -4.44. The number of nitrogens with zero attached hydrogens (tertiary/aromatic N) is 2. The van der Waals surface area contributed by atoms with Crippen molar-refractivity contribution in [2.45, 2.75) is 33.0 Å². The Morgan fingerprint density at radius 2 is 1.96 bits per heavy atom. The third-order valence-corrected chi connectivity index (χ3v) is 3.51. The van der Waals surface area contributed by atoms with Gasteiger partial charge < -0.3 is 15.4 Å². The molecule has 0 aliphatic rings. The van der Waals surface area contributed by atoms with Crippen LogP contribution in [0.5, 0.6) is 5.88 Å². The van der Waals surface area contributed by atoms with Crippen LogP contribution in [0.25, 0.3) is 0 Å². The summed E-state index contributed by atoms with van der Waals surface area (Å²) in [4.78, 5) is 31.6. The van der Waals surface area contributed by atoms with Crippen molar-refractivity contribution in [2.24, 2.45) is 0 Å². The second kappa shape index (κ2) is 8.68. The van der Waals surface area contributed by atoms with E-state index < -0.39 is 24.7 Å². The maximum Gasteiger partial charge on any atom is 0.422 e.